The standard InChI is InChI=1S/C8H16F3NO/c1-2-7(12)4-3-5-13-6-8(9,10)11/h7H,2-6,12H2,1H3. The van der Waals surface area contributed by atoms with Crippen molar-refractivity contribution in [3.8, 4) is 0 Å². The average molecular weight is 199 g/mol. The lowest BCUT2D eigenvalue weighted by molar-refractivity contribution is -0.174. The summed E-state index contributed by atoms with van der Waals surface area (Å²) in [5.74, 6) is 0. The maximum absolute atomic E-state index is 11.6. The van der Waals surface area contributed by atoms with Crippen molar-refractivity contribution in [2.45, 2.75) is 38.4 Å². The fourth-order valence-electron chi connectivity index (χ4n) is 0.840. The van der Waals surface area contributed by atoms with Crippen LogP contribution >= 0.6 is 0 Å². The Labute approximate surface area is 76.2 Å². The summed E-state index contributed by atoms with van der Waals surface area (Å²) in [7, 11) is 0. The van der Waals surface area contributed by atoms with Gasteiger partial charge in [-0.25, -0.2) is 0 Å². The molecule has 0 rings (SSSR count). The van der Waals surface area contributed by atoms with Crippen LogP contribution < -0.4 is 5.73 Å². The quantitative estimate of drug-likeness (QED) is 0.665. The molecule has 0 aromatic carbocycles. The van der Waals surface area contributed by atoms with E-state index in [0.717, 1.165) is 6.42 Å². The zero-order valence-corrected chi connectivity index (χ0v) is 7.73. The molecule has 13 heavy (non-hydrogen) atoms. The van der Waals surface area contributed by atoms with Gasteiger partial charge >= 0.3 is 6.18 Å². The Balaban J connectivity index is 3.18. The lowest BCUT2D eigenvalue weighted by Gasteiger charge is -2.09. The van der Waals surface area contributed by atoms with Crippen molar-refractivity contribution in [3.05, 3.63) is 0 Å². The molecule has 1 atom stereocenters. The molecule has 0 fully saturated rings. The van der Waals surface area contributed by atoms with Crippen molar-refractivity contribution in [1.82, 2.24) is 0 Å². The van der Waals surface area contributed by atoms with Gasteiger partial charge in [-0.15, -0.1) is 0 Å². The minimum absolute atomic E-state index is 0.0782. The van der Waals surface area contributed by atoms with Crippen molar-refractivity contribution < 1.29 is 17.9 Å². The number of halogens is 3. The molecule has 0 saturated carbocycles. The molecule has 0 aromatic heterocycles. The molecule has 1 unspecified atom stereocenters. The van der Waals surface area contributed by atoms with E-state index in [-0.39, 0.29) is 12.6 Å². The third kappa shape index (κ3) is 9.63. The molecular formula is C8H16F3NO. The van der Waals surface area contributed by atoms with Gasteiger partial charge in [-0.2, -0.15) is 13.2 Å². The number of rotatable bonds is 6. The number of hydrogen-bond acceptors (Lipinski definition) is 2. The maximum Gasteiger partial charge on any atom is 0.411 e. The third-order valence-electron chi connectivity index (χ3n) is 1.65. The molecule has 80 valence electrons. The molecule has 0 spiro atoms. The van der Waals surface area contributed by atoms with E-state index in [2.05, 4.69) is 4.74 Å². The highest BCUT2D eigenvalue weighted by atomic mass is 19.4. The molecule has 0 aliphatic heterocycles. The predicted octanol–water partition coefficient (Wildman–Crippen LogP) is 2.08. The summed E-state index contributed by atoms with van der Waals surface area (Å²) >= 11 is 0. The molecule has 0 amide bonds. The SMILES string of the molecule is CCC(N)CCCOCC(F)(F)F. The summed E-state index contributed by atoms with van der Waals surface area (Å²) in [6, 6.07) is 0.0782. The minimum Gasteiger partial charge on any atom is -0.372 e. The highest BCUT2D eigenvalue weighted by Crippen LogP contribution is 2.14. The molecule has 0 aliphatic rings. The van der Waals surface area contributed by atoms with Crippen LogP contribution in [0.4, 0.5) is 13.2 Å². The van der Waals surface area contributed by atoms with E-state index in [1.165, 1.54) is 0 Å². The summed E-state index contributed by atoms with van der Waals surface area (Å²) in [5, 5.41) is 0. The highest BCUT2D eigenvalue weighted by molar-refractivity contribution is 4.57. The molecule has 0 saturated heterocycles. The van der Waals surface area contributed by atoms with Crippen LogP contribution in [0.1, 0.15) is 26.2 Å². The smallest absolute Gasteiger partial charge is 0.372 e. The van der Waals surface area contributed by atoms with E-state index in [0.29, 0.717) is 12.8 Å². The lowest BCUT2D eigenvalue weighted by Crippen LogP contribution is -2.20. The monoisotopic (exact) mass is 199 g/mol. The number of hydrogen-bond donors (Lipinski definition) is 1. The van der Waals surface area contributed by atoms with Gasteiger partial charge in [0.1, 0.15) is 6.61 Å². The Morgan fingerprint density at radius 1 is 1.38 bits per heavy atom. The molecule has 5 heteroatoms. The second kappa shape index (κ2) is 6.21. The van der Waals surface area contributed by atoms with E-state index < -0.39 is 12.8 Å². The van der Waals surface area contributed by atoms with E-state index in [1.54, 1.807) is 0 Å². The predicted molar refractivity (Wildman–Crippen MR) is 44.4 cm³/mol. The summed E-state index contributed by atoms with van der Waals surface area (Å²) in [6.45, 7) is 0.919. The normalized spacial score (nSPS) is 14.5. The van der Waals surface area contributed by atoms with Crippen LogP contribution in [0.15, 0.2) is 0 Å². The topological polar surface area (TPSA) is 35.2 Å². The van der Waals surface area contributed by atoms with E-state index in [1.807, 2.05) is 6.92 Å². The fourth-order valence-corrected chi connectivity index (χ4v) is 0.840. The largest absolute Gasteiger partial charge is 0.411 e. The first-order valence-corrected chi connectivity index (χ1v) is 4.35. The number of ether oxygens (including phenoxy) is 1. The molecule has 2 N–H and O–H groups in total. The Kier molecular flexibility index (Phi) is 6.07. The first-order chi connectivity index (χ1) is 5.95. The first-order valence-electron chi connectivity index (χ1n) is 4.35. The Bertz CT molecular complexity index is 127. The first kappa shape index (κ1) is 12.7. The average Bonchev–Trinajstić information content (AvgIpc) is 2.01. The Morgan fingerprint density at radius 3 is 2.46 bits per heavy atom. The van der Waals surface area contributed by atoms with E-state index >= 15 is 0 Å². The summed E-state index contributed by atoms with van der Waals surface area (Å²) in [5.41, 5.74) is 5.56. The van der Waals surface area contributed by atoms with Crippen molar-refractivity contribution in [3.63, 3.8) is 0 Å². The lowest BCUT2D eigenvalue weighted by atomic mass is 10.1. The molecule has 0 heterocycles. The van der Waals surface area contributed by atoms with Gasteiger partial charge in [-0.05, 0) is 19.3 Å². The third-order valence-corrected chi connectivity index (χ3v) is 1.65. The number of alkyl halides is 3. The minimum atomic E-state index is -4.22. The van der Waals surface area contributed by atoms with Crippen LogP contribution in [0, 0.1) is 0 Å². The molecule has 0 aliphatic carbocycles. The highest BCUT2D eigenvalue weighted by Gasteiger charge is 2.27. The van der Waals surface area contributed by atoms with E-state index in [9.17, 15) is 13.2 Å². The second-order valence-corrected chi connectivity index (χ2v) is 2.98. The second-order valence-electron chi connectivity index (χ2n) is 2.98. The van der Waals surface area contributed by atoms with Crippen molar-refractivity contribution in [2.75, 3.05) is 13.2 Å². The zero-order valence-electron chi connectivity index (χ0n) is 7.73. The molecule has 0 bridgehead atoms. The molecular weight excluding hydrogens is 183 g/mol. The Morgan fingerprint density at radius 2 is 2.00 bits per heavy atom. The van der Waals surface area contributed by atoms with Gasteiger partial charge in [-0.1, -0.05) is 6.92 Å². The van der Waals surface area contributed by atoms with Crippen molar-refractivity contribution >= 4 is 0 Å². The molecule has 0 radical (unpaired) electrons. The van der Waals surface area contributed by atoms with Crippen molar-refractivity contribution in [2.24, 2.45) is 5.73 Å². The Hall–Kier alpha value is -0.290. The van der Waals surface area contributed by atoms with Crippen LogP contribution in [-0.4, -0.2) is 25.4 Å². The van der Waals surface area contributed by atoms with Crippen LogP contribution in [0.2, 0.25) is 0 Å². The summed E-state index contributed by atoms with van der Waals surface area (Å²) in [4.78, 5) is 0. The number of nitrogens with two attached hydrogens (primary N) is 1. The van der Waals surface area contributed by atoms with Gasteiger partial charge in [0.15, 0.2) is 0 Å². The van der Waals surface area contributed by atoms with Crippen LogP contribution in [0.25, 0.3) is 0 Å². The van der Waals surface area contributed by atoms with Gasteiger partial charge in [0, 0.05) is 12.6 Å². The fraction of sp³-hybridized carbons (Fsp3) is 1.00. The summed E-state index contributed by atoms with van der Waals surface area (Å²) in [6.07, 6.45) is -2.06. The van der Waals surface area contributed by atoms with E-state index in [4.69, 9.17) is 5.73 Å². The van der Waals surface area contributed by atoms with Gasteiger partial charge in [-0.3, -0.25) is 0 Å². The molecule has 2 nitrogen and oxygen atoms in total. The van der Waals surface area contributed by atoms with Crippen LogP contribution in [0.5, 0.6) is 0 Å². The summed E-state index contributed by atoms with van der Waals surface area (Å²) < 4.78 is 39.1. The van der Waals surface area contributed by atoms with Gasteiger partial charge in [0.25, 0.3) is 0 Å². The van der Waals surface area contributed by atoms with Gasteiger partial charge < -0.3 is 10.5 Å². The van der Waals surface area contributed by atoms with Crippen LogP contribution in [0.3, 0.4) is 0 Å². The van der Waals surface area contributed by atoms with Gasteiger partial charge in [0.05, 0.1) is 0 Å². The zero-order chi connectivity index (χ0) is 10.3. The van der Waals surface area contributed by atoms with Crippen molar-refractivity contribution in [1.29, 1.82) is 0 Å². The molecule has 0 aromatic rings. The van der Waals surface area contributed by atoms with Crippen LogP contribution in [-0.2, 0) is 4.74 Å². The van der Waals surface area contributed by atoms with Gasteiger partial charge in [0.2, 0.25) is 0 Å². The maximum atomic E-state index is 11.6.